The molecule has 1 aromatic carbocycles. The minimum absolute atomic E-state index is 0.126. The van der Waals surface area contributed by atoms with Crippen LogP contribution in [0.4, 0.5) is 11.4 Å². The van der Waals surface area contributed by atoms with Gasteiger partial charge in [0.1, 0.15) is 0 Å². The van der Waals surface area contributed by atoms with Crippen LogP contribution in [0.2, 0.25) is 0 Å². The van der Waals surface area contributed by atoms with Crippen molar-refractivity contribution in [2.45, 2.75) is 18.9 Å². The number of aromatic nitrogens is 1. The molecule has 0 saturated carbocycles. The molecule has 3 heterocycles. The molecule has 0 spiro atoms. The monoisotopic (exact) mass is 298 g/mol. The molecule has 0 N–H and O–H groups in total. The van der Waals surface area contributed by atoms with Crippen molar-refractivity contribution < 1.29 is 4.92 Å². The van der Waals surface area contributed by atoms with Crippen LogP contribution in [0.1, 0.15) is 12.8 Å². The number of anilines is 1. The molecule has 114 valence electrons. The van der Waals surface area contributed by atoms with E-state index in [4.69, 9.17) is 0 Å². The number of nitro benzene ring substituents is 1. The maximum atomic E-state index is 11.0. The normalized spacial score (nSPS) is 22.0. The Morgan fingerprint density at radius 3 is 3.00 bits per heavy atom. The summed E-state index contributed by atoms with van der Waals surface area (Å²) in [5, 5.41) is 11.9. The van der Waals surface area contributed by atoms with Gasteiger partial charge in [0, 0.05) is 55.1 Å². The molecule has 0 bridgehead atoms. The fourth-order valence-electron chi connectivity index (χ4n) is 3.72. The zero-order valence-corrected chi connectivity index (χ0v) is 12.3. The predicted octanol–water partition coefficient (Wildman–Crippen LogP) is 2.43. The molecule has 1 unspecified atom stereocenters. The van der Waals surface area contributed by atoms with Gasteiger partial charge in [-0.3, -0.25) is 20.0 Å². The van der Waals surface area contributed by atoms with E-state index >= 15 is 0 Å². The maximum Gasteiger partial charge on any atom is 0.270 e. The SMILES string of the molecule is O=[N+]([O-])c1ccc2nccc(N3CCN4CCCC4C3)c2c1. The van der Waals surface area contributed by atoms with Crippen LogP contribution >= 0.6 is 0 Å². The van der Waals surface area contributed by atoms with Crippen LogP contribution in [-0.2, 0) is 0 Å². The lowest BCUT2D eigenvalue weighted by Gasteiger charge is -2.39. The Bertz CT molecular complexity index is 733. The van der Waals surface area contributed by atoms with Crippen molar-refractivity contribution in [3.8, 4) is 0 Å². The summed E-state index contributed by atoms with van der Waals surface area (Å²) in [6.45, 7) is 4.25. The molecule has 4 rings (SSSR count). The Balaban J connectivity index is 1.74. The first-order valence-corrected chi connectivity index (χ1v) is 7.74. The number of pyridine rings is 1. The maximum absolute atomic E-state index is 11.0. The lowest BCUT2D eigenvalue weighted by Crippen LogP contribution is -2.50. The highest BCUT2D eigenvalue weighted by Gasteiger charge is 2.31. The third-order valence-electron chi connectivity index (χ3n) is 4.84. The van der Waals surface area contributed by atoms with Crippen molar-refractivity contribution >= 4 is 22.3 Å². The number of nitrogens with zero attached hydrogens (tertiary/aromatic N) is 4. The second-order valence-electron chi connectivity index (χ2n) is 6.07. The molecule has 1 aromatic heterocycles. The van der Waals surface area contributed by atoms with Gasteiger partial charge in [-0.15, -0.1) is 0 Å². The molecule has 0 aliphatic carbocycles. The van der Waals surface area contributed by atoms with Crippen molar-refractivity contribution in [1.82, 2.24) is 9.88 Å². The van der Waals surface area contributed by atoms with E-state index in [-0.39, 0.29) is 10.6 Å². The van der Waals surface area contributed by atoms with Gasteiger partial charge in [0.25, 0.3) is 5.69 Å². The topological polar surface area (TPSA) is 62.5 Å². The summed E-state index contributed by atoms with van der Waals surface area (Å²) >= 11 is 0. The highest BCUT2D eigenvalue weighted by atomic mass is 16.6. The Kier molecular flexibility index (Phi) is 3.18. The molecule has 2 fully saturated rings. The van der Waals surface area contributed by atoms with Gasteiger partial charge in [-0.1, -0.05) is 0 Å². The Hall–Kier alpha value is -2.21. The standard InChI is InChI=1S/C16H18N4O2/c21-20(22)12-3-4-15-14(10-12)16(5-6-17-15)19-9-8-18-7-1-2-13(18)11-19/h3-6,10,13H,1-2,7-9,11H2. The van der Waals surface area contributed by atoms with Crippen LogP contribution < -0.4 is 4.90 Å². The average Bonchev–Trinajstić information content (AvgIpc) is 3.01. The van der Waals surface area contributed by atoms with Crippen LogP contribution in [-0.4, -0.2) is 47.0 Å². The van der Waals surface area contributed by atoms with E-state index in [0.29, 0.717) is 6.04 Å². The van der Waals surface area contributed by atoms with Crippen LogP contribution in [0.5, 0.6) is 0 Å². The molecule has 1 atom stereocenters. The molecular weight excluding hydrogens is 280 g/mol. The zero-order chi connectivity index (χ0) is 15.1. The summed E-state index contributed by atoms with van der Waals surface area (Å²) in [5.74, 6) is 0. The number of hydrogen-bond acceptors (Lipinski definition) is 5. The largest absolute Gasteiger partial charge is 0.368 e. The van der Waals surface area contributed by atoms with Gasteiger partial charge in [-0.25, -0.2) is 0 Å². The molecule has 6 heteroatoms. The molecule has 2 aliphatic rings. The third kappa shape index (κ3) is 2.20. The van der Waals surface area contributed by atoms with Gasteiger partial charge in [-0.05, 0) is 31.5 Å². The lowest BCUT2D eigenvalue weighted by molar-refractivity contribution is -0.384. The number of nitro groups is 1. The fraction of sp³-hybridized carbons (Fsp3) is 0.438. The molecule has 2 saturated heterocycles. The number of piperazine rings is 1. The second-order valence-corrected chi connectivity index (χ2v) is 6.07. The van der Waals surface area contributed by atoms with E-state index in [1.807, 2.05) is 6.07 Å². The van der Waals surface area contributed by atoms with Crippen LogP contribution in [0.15, 0.2) is 30.5 Å². The number of rotatable bonds is 2. The van der Waals surface area contributed by atoms with Crippen LogP contribution in [0, 0.1) is 10.1 Å². The van der Waals surface area contributed by atoms with E-state index in [1.165, 1.54) is 25.5 Å². The van der Waals surface area contributed by atoms with Gasteiger partial charge >= 0.3 is 0 Å². The summed E-state index contributed by atoms with van der Waals surface area (Å²) in [6.07, 6.45) is 4.32. The van der Waals surface area contributed by atoms with Gasteiger partial charge < -0.3 is 4.90 Å². The minimum atomic E-state index is -0.342. The van der Waals surface area contributed by atoms with E-state index in [1.54, 1.807) is 18.3 Å². The smallest absolute Gasteiger partial charge is 0.270 e. The van der Waals surface area contributed by atoms with E-state index < -0.39 is 0 Å². The lowest BCUT2D eigenvalue weighted by atomic mass is 10.1. The summed E-state index contributed by atoms with van der Waals surface area (Å²) in [5.41, 5.74) is 2.01. The van der Waals surface area contributed by atoms with E-state index in [0.717, 1.165) is 36.2 Å². The van der Waals surface area contributed by atoms with Gasteiger partial charge in [0.05, 0.1) is 10.4 Å². The Labute approximate surface area is 128 Å². The first kappa shape index (κ1) is 13.5. The summed E-state index contributed by atoms with van der Waals surface area (Å²) in [7, 11) is 0. The van der Waals surface area contributed by atoms with Crippen LogP contribution in [0.3, 0.4) is 0 Å². The first-order chi connectivity index (χ1) is 10.7. The fourth-order valence-corrected chi connectivity index (χ4v) is 3.72. The van der Waals surface area contributed by atoms with Crippen molar-refractivity contribution in [2.24, 2.45) is 0 Å². The Morgan fingerprint density at radius 1 is 1.23 bits per heavy atom. The zero-order valence-electron chi connectivity index (χ0n) is 12.3. The average molecular weight is 298 g/mol. The first-order valence-electron chi connectivity index (χ1n) is 7.74. The molecular formula is C16H18N4O2. The van der Waals surface area contributed by atoms with Crippen molar-refractivity contribution in [1.29, 1.82) is 0 Å². The van der Waals surface area contributed by atoms with Gasteiger partial charge in [0.2, 0.25) is 0 Å². The van der Waals surface area contributed by atoms with Gasteiger partial charge in [-0.2, -0.15) is 0 Å². The third-order valence-corrected chi connectivity index (χ3v) is 4.84. The van der Waals surface area contributed by atoms with Crippen molar-refractivity contribution in [3.63, 3.8) is 0 Å². The molecule has 2 aliphatic heterocycles. The highest BCUT2D eigenvalue weighted by molar-refractivity contribution is 5.93. The van der Waals surface area contributed by atoms with E-state index in [9.17, 15) is 10.1 Å². The number of fused-ring (bicyclic) bond motifs is 2. The summed E-state index contributed by atoms with van der Waals surface area (Å²) in [4.78, 5) is 20.0. The number of non-ortho nitro benzene ring substituents is 1. The summed E-state index contributed by atoms with van der Waals surface area (Å²) in [6, 6.07) is 7.52. The Morgan fingerprint density at radius 2 is 2.14 bits per heavy atom. The second kappa shape index (κ2) is 5.21. The van der Waals surface area contributed by atoms with Crippen molar-refractivity contribution in [2.75, 3.05) is 31.1 Å². The molecule has 6 nitrogen and oxygen atoms in total. The van der Waals surface area contributed by atoms with Crippen LogP contribution in [0.25, 0.3) is 10.9 Å². The molecule has 22 heavy (non-hydrogen) atoms. The quantitative estimate of drug-likeness (QED) is 0.629. The minimum Gasteiger partial charge on any atom is -0.368 e. The van der Waals surface area contributed by atoms with Gasteiger partial charge in [0.15, 0.2) is 0 Å². The van der Waals surface area contributed by atoms with E-state index in [2.05, 4.69) is 14.8 Å². The highest BCUT2D eigenvalue weighted by Crippen LogP contribution is 2.31. The number of hydrogen-bond donors (Lipinski definition) is 0. The molecule has 0 amide bonds. The molecule has 0 radical (unpaired) electrons. The summed E-state index contributed by atoms with van der Waals surface area (Å²) < 4.78 is 0. The van der Waals surface area contributed by atoms with Crippen molar-refractivity contribution in [3.05, 3.63) is 40.6 Å². The predicted molar refractivity (Wildman–Crippen MR) is 85.2 cm³/mol. The number of benzene rings is 1. The molecule has 2 aromatic rings.